The predicted octanol–water partition coefficient (Wildman–Crippen LogP) is 3.77. The number of nitrogens with one attached hydrogen (secondary N) is 1. The minimum atomic E-state index is 0.698. The third-order valence-electron chi connectivity index (χ3n) is 6.95. The molecule has 2 nitrogen and oxygen atoms in total. The van der Waals surface area contributed by atoms with E-state index in [0.717, 1.165) is 35.6 Å². The first-order valence-corrected chi connectivity index (χ1v) is 9.55. The zero-order valence-electron chi connectivity index (χ0n) is 14.6. The van der Waals surface area contributed by atoms with E-state index in [2.05, 4.69) is 37.9 Å². The van der Waals surface area contributed by atoms with Crippen molar-refractivity contribution in [2.75, 3.05) is 19.6 Å². The average Bonchev–Trinajstić information content (AvgIpc) is 3.09. The highest BCUT2D eigenvalue weighted by atomic mass is 15.2. The van der Waals surface area contributed by atoms with E-state index < -0.39 is 0 Å². The normalized spacial score (nSPS) is 41.9. The third-order valence-corrected chi connectivity index (χ3v) is 6.95. The highest BCUT2D eigenvalue weighted by molar-refractivity contribution is 4.95. The van der Waals surface area contributed by atoms with Crippen molar-refractivity contribution in [3.8, 4) is 0 Å². The largest absolute Gasteiger partial charge is 0.311 e. The molecule has 0 aromatic rings. The standard InChI is InChI=1S/C19H36N2/c1-5-14(4)19-10-20-18(13(2)3)12-21(19)11-17-9-15-6-7-16(17)8-15/h13-20H,5-12H2,1-4H3. The van der Waals surface area contributed by atoms with Crippen LogP contribution < -0.4 is 5.32 Å². The molecule has 0 aromatic carbocycles. The van der Waals surface area contributed by atoms with E-state index in [1.165, 1.54) is 45.3 Å². The Bertz CT molecular complexity index is 340. The van der Waals surface area contributed by atoms with Gasteiger partial charge in [0, 0.05) is 31.7 Å². The number of hydrogen-bond donors (Lipinski definition) is 1. The maximum absolute atomic E-state index is 3.83. The molecule has 122 valence electrons. The fraction of sp³-hybridized carbons (Fsp3) is 1.00. The van der Waals surface area contributed by atoms with E-state index >= 15 is 0 Å². The molecule has 21 heavy (non-hydrogen) atoms. The molecule has 3 aliphatic rings. The van der Waals surface area contributed by atoms with Crippen molar-refractivity contribution >= 4 is 0 Å². The van der Waals surface area contributed by atoms with E-state index in [-0.39, 0.29) is 0 Å². The van der Waals surface area contributed by atoms with Gasteiger partial charge in [-0.25, -0.2) is 0 Å². The molecule has 0 spiro atoms. The summed E-state index contributed by atoms with van der Waals surface area (Å²) in [7, 11) is 0. The molecule has 2 heteroatoms. The molecular formula is C19H36N2. The lowest BCUT2D eigenvalue weighted by molar-refractivity contribution is 0.0549. The summed E-state index contributed by atoms with van der Waals surface area (Å²) in [5, 5.41) is 3.83. The lowest BCUT2D eigenvalue weighted by Gasteiger charge is -2.46. The molecule has 1 aliphatic heterocycles. The van der Waals surface area contributed by atoms with Gasteiger partial charge in [-0.3, -0.25) is 4.90 Å². The monoisotopic (exact) mass is 292 g/mol. The van der Waals surface area contributed by atoms with E-state index in [1.54, 1.807) is 6.42 Å². The Balaban J connectivity index is 1.64. The fourth-order valence-electron chi connectivity index (χ4n) is 5.24. The van der Waals surface area contributed by atoms with Gasteiger partial charge in [0.25, 0.3) is 0 Å². The lowest BCUT2D eigenvalue weighted by Crippen LogP contribution is -2.60. The average molecular weight is 293 g/mol. The Morgan fingerprint density at radius 1 is 1.14 bits per heavy atom. The molecule has 2 aliphatic carbocycles. The van der Waals surface area contributed by atoms with Crippen LogP contribution in [0, 0.1) is 29.6 Å². The van der Waals surface area contributed by atoms with Crippen molar-refractivity contribution in [2.45, 2.75) is 71.9 Å². The van der Waals surface area contributed by atoms with Crippen molar-refractivity contribution in [3.05, 3.63) is 0 Å². The van der Waals surface area contributed by atoms with Gasteiger partial charge in [0.15, 0.2) is 0 Å². The topological polar surface area (TPSA) is 15.3 Å². The van der Waals surface area contributed by atoms with Gasteiger partial charge < -0.3 is 5.32 Å². The van der Waals surface area contributed by atoms with Crippen LogP contribution in [0.4, 0.5) is 0 Å². The van der Waals surface area contributed by atoms with Crippen molar-refractivity contribution in [3.63, 3.8) is 0 Å². The lowest BCUT2D eigenvalue weighted by atomic mass is 9.85. The smallest absolute Gasteiger partial charge is 0.0247 e. The number of nitrogens with zero attached hydrogens (tertiary/aromatic N) is 1. The van der Waals surface area contributed by atoms with Crippen molar-refractivity contribution in [2.24, 2.45) is 29.6 Å². The number of hydrogen-bond acceptors (Lipinski definition) is 2. The first-order chi connectivity index (χ1) is 10.1. The molecule has 6 atom stereocenters. The Morgan fingerprint density at radius 3 is 2.52 bits per heavy atom. The van der Waals surface area contributed by atoms with Gasteiger partial charge in [-0.1, -0.05) is 40.5 Å². The van der Waals surface area contributed by atoms with E-state index in [1.807, 2.05) is 0 Å². The van der Waals surface area contributed by atoms with Crippen LogP contribution in [0.2, 0.25) is 0 Å². The van der Waals surface area contributed by atoms with Gasteiger partial charge in [-0.15, -0.1) is 0 Å². The van der Waals surface area contributed by atoms with Gasteiger partial charge in [-0.05, 0) is 48.9 Å². The predicted molar refractivity (Wildman–Crippen MR) is 90.4 cm³/mol. The minimum absolute atomic E-state index is 0.698. The van der Waals surface area contributed by atoms with Crippen LogP contribution in [0.3, 0.4) is 0 Å². The quantitative estimate of drug-likeness (QED) is 0.830. The van der Waals surface area contributed by atoms with Crippen LogP contribution in [-0.2, 0) is 0 Å². The molecular weight excluding hydrogens is 256 g/mol. The molecule has 1 heterocycles. The molecule has 2 bridgehead atoms. The van der Waals surface area contributed by atoms with E-state index in [0.29, 0.717) is 6.04 Å². The third kappa shape index (κ3) is 3.32. The van der Waals surface area contributed by atoms with Crippen molar-refractivity contribution in [1.29, 1.82) is 0 Å². The summed E-state index contributed by atoms with van der Waals surface area (Å²) < 4.78 is 0. The van der Waals surface area contributed by atoms with E-state index in [9.17, 15) is 0 Å². The number of fused-ring (bicyclic) bond motifs is 2. The first kappa shape index (κ1) is 15.8. The Hall–Kier alpha value is -0.0800. The molecule has 0 amide bonds. The van der Waals surface area contributed by atoms with Crippen LogP contribution in [0.5, 0.6) is 0 Å². The minimum Gasteiger partial charge on any atom is -0.311 e. The zero-order chi connectivity index (χ0) is 15.0. The first-order valence-electron chi connectivity index (χ1n) is 9.55. The SMILES string of the molecule is CCC(C)C1CNC(C(C)C)CN1CC1CC2CCC1C2. The number of piperazine rings is 1. The second-order valence-electron chi connectivity index (χ2n) is 8.60. The fourth-order valence-corrected chi connectivity index (χ4v) is 5.24. The summed E-state index contributed by atoms with van der Waals surface area (Å²) in [6, 6.07) is 1.47. The molecule has 1 saturated heterocycles. The van der Waals surface area contributed by atoms with Crippen LogP contribution in [0.1, 0.15) is 59.8 Å². The molecule has 3 rings (SSSR count). The van der Waals surface area contributed by atoms with Gasteiger partial charge in [0.05, 0.1) is 0 Å². The van der Waals surface area contributed by atoms with Gasteiger partial charge in [0.1, 0.15) is 0 Å². The van der Waals surface area contributed by atoms with Crippen molar-refractivity contribution in [1.82, 2.24) is 10.2 Å². The molecule has 0 radical (unpaired) electrons. The summed E-state index contributed by atoms with van der Waals surface area (Å²) in [6.45, 7) is 13.4. The highest BCUT2D eigenvalue weighted by Crippen LogP contribution is 2.48. The van der Waals surface area contributed by atoms with Gasteiger partial charge >= 0.3 is 0 Å². The van der Waals surface area contributed by atoms with Crippen LogP contribution >= 0.6 is 0 Å². The van der Waals surface area contributed by atoms with E-state index in [4.69, 9.17) is 0 Å². The molecule has 6 unspecified atom stereocenters. The molecule has 0 aromatic heterocycles. The highest BCUT2D eigenvalue weighted by Gasteiger charge is 2.42. The molecule has 2 saturated carbocycles. The zero-order valence-corrected chi connectivity index (χ0v) is 14.6. The summed E-state index contributed by atoms with van der Waals surface area (Å²) in [5.74, 6) is 4.75. The Labute approximate surface area is 132 Å². The Morgan fingerprint density at radius 2 is 1.95 bits per heavy atom. The summed E-state index contributed by atoms with van der Waals surface area (Å²) >= 11 is 0. The Kier molecular flexibility index (Phi) is 4.95. The second-order valence-corrected chi connectivity index (χ2v) is 8.60. The molecule has 1 N–H and O–H groups in total. The van der Waals surface area contributed by atoms with Gasteiger partial charge in [0.2, 0.25) is 0 Å². The van der Waals surface area contributed by atoms with Crippen LogP contribution in [0.15, 0.2) is 0 Å². The summed E-state index contributed by atoms with van der Waals surface area (Å²) in [6.07, 6.45) is 7.47. The van der Waals surface area contributed by atoms with Crippen LogP contribution in [-0.4, -0.2) is 36.6 Å². The maximum Gasteiger partial charge on any atom is 0.0247 e. The summed E-state index contributed by atoms with van der Waals surface area (Å²) in [4.78, 5) is 2.89. The second kappa shape index (κ2) is 6.58. The van der Waals surface area contributed by atoms with Gasteiger partial charge in [-0.2, -0.15) is 0 Å². The van der Waals surface area contributed by atoms with Crippen molar-refractivity contribution < 1.29 is 0 Å². The summed E-state index contributed by atoms with van der Waals surface area (Å²) in [5.41, 5.74) is 0. The molecule has 3 fully saturated rings. The maximum atomic E-state index is 3.83. The number of rotatable bonds is 5. The van der Waals surface area contributed by atoms with Crippen LogP contribution in [0.25, 0.3) is 0 Å².